The zero-order chi connectivity index (χ0) is 15.2. The van der Waals surface area contributed by atoms with Crippen molar-refractivity contribution in [3.63, 3.8) is 0 Å². The van der Waals surface area contributed by atoms with Gasteiger partial charge in [0.1, 0.15) is 5.75 Å². The largest absolute Gasteiger partial charge is 0.436 e. The first-order valence-corrected chi connectivity index (χ1v) is 6.78. The molecule has 4 nitrogen and oxygen atoms in total. The zero-order valence-electron chi connectivity index (χ0n) is 12.0. The first-order valence-electron chi connectivity index (χ1n) is 6.78. The van der Waals surface area contributed by atoms with Gasteiger partial charge in [0.25, 0.3) is 11.8 Å². The predicted octanol–water partition coefficient (Wildman–Crippen LogP) is 3.33. The summed E-state index contributed by atoms with van der Waals surface area (Å²) in [6, 6.07) is 8.54. The summed E-state index contributed by atoms with van der Waals surface area (Å²) in [6.07, 6.45) is 3.34. The number of rotatable bonds is 5. The Labute approximate surface area is 123 Å². The van der Waals surface area contributed by atoms with Crippen molar-refractivity contribution in [3.05, 3.63) is 53.5 Å². The van der Waals surface area contributed by atoms with Gasteiger partial charge in [0.15, 0.2) is 5.82 Å². The molecule has 0 unspecified atom stereocenters. The van der Waals surface area contributed by atoms with Crippen LogP contribution in [0, 0.1) is 5.82 Å². The fraction of sp³-hybridized carbons (Fsp3) is 0.250. The van der Waals surface area contributed by atoms with Crippen LogP contribution in [-0.2, 0) is 6.42 Å². The molecule has 0 aliphatic rings. The van der Waals surface area contributed by atoms with Gasteiger partial charge in [-0.25, -0.2) is 9.37 Å². The first kappa shape index (κ1) is 15.0. The van der Waals surface area contributed by atoms with Crippen LogP contribution >= 0.6 is 0 Å². The SMILES string of the molecule is CCCc1ccc(Oc2ncc(C(=O)NC)cc2F)cc1. The number of hydrogen-bond acceptors (Lipinski definition) is 3. The molecule has 0 atom stereocenters. The van der Waals surface area contributed by atoms with Gasteiger partial charge in [0.05, 0.1) is 5.56 Å². The van der Waals surface area contributed by atoms with Crippen molar-refractivity contribution >= 4 is 5.91 Å². The number of pyridine rings is 1. The Bertz CT molecular complexity index is 627. The Balaban J connectivity index is 2.14. The second kappa shape index (κ2) is 6.83. The fourth-order valence-electron chi connectivity index (χ4n) is 1.89. The molecule has 1 N–H and O–H groups in total. The second-order valence-corrected chi connectivity index (χ2v) is 4.59. The third-order valence-corrected chi connectivity index (χ3v) is 2.97. The standard InChI is InChI=1S/C16H17FN2O2/c1-3-4-11-5-7-13(8-6-11)21-16-14(17)9-12(10-19-16)15(20)18-2/h5-10H,3-4H2,1-2H3,(H,18,20). The Hall–Kier alpha value is -2.43. The molecule has 0 saturated carbocycles. The van der Waals surface area contributed by atoms with Gasteiger partial charge in [-0.05, 0) is 30.2 Å². The van der Waals surface area contributed by atoms with Crippen molar-refractivity contribution in [1.82, 2.24) is 10.3 Å². The summed E-state index contributed by atoms with van der Waals surface area (Å²) in [6.45, 7) is 2.11. The van der Waals surface area contributed by atoms with Crippen LogP contribution < -0.4 is 10.1 Å². The predicted molar refractivity (Wildman–Crippen MR) is 78.1 cm³/mol. The average molecular weight is 288 g/mol. The van der Waals surface area contributed by atoms with Crippen molar-refractivity contribution in [2.24, 2.45) is 0 Å². The van der Waals surface area contributed by atoms with Crippen LogP contribution in [0.3, 0.4) is 0 Å². The molecule has 2 aromatic rings. The summed E-state index contributed by atoms with van der Waals surface area (Å²) in [5.41, 5.74) is 1.36. The third-order valence-electron chi connectivity index (χ3n) is 2.97. The first-order chi connectivity index (χ1) is 10.1. The molecule has 0 fully saturated rings. The van der Waals surface area contributed by atoms with Crippen LogP contribution in [0.4, 0.5) is 4.39 Å². The topological polar surface area (TPSA) is 51.2 Å². The monoisotopic (exact) mass is 288 g/mol. The molecule has 0 saturated heterocycles. The number of carbonyl (C=O) groups excluding carboxylic acids is 1. The van der Waals surface area contributed by atoms with Gasteiger partial charge in [-0.1, -0.05) is 25.5 Å². The fourth-order valence-corrected chi connectivity index (χ4v) is 1.89. The van der Waals surface area contributed by atoms with E-state index in [1.54, 1.807) is 12.1 Å². The Morgan fingerprint density at radius 1 is 1.33 bits per heavy atom. The number of hydrogen-bond donors (Lipinski definition) is 1. The number of aryl methyl sites for hydroxylation is 1. The van der Waals surface area contributed by atoms with Crippen molar-refractivity contribution in [2.45, 2.75) is 19.8 Å². The highest BCUT2D eigenvalue weighted by atomic mass is 19.1. The molecule has 1 aromatic heterocycles. The number of halogens is 1. The van der Waals surface area contributed by atoms with Gasteiger partial charge in [-0.3, -0.25) is 4.79 Å². The highest BCUT2D eigenvalue weighted by molar-refractivity contribution is 5.93. The van der Waals surface area contributed by atoms with E-state index in [1.165, 1.54) is 18.8 Å². The van der Waals surface area contributed by atoms with E-state index in [4.69, 9.17) is 4.74 Å². The molecule has 21 heavy (non-hydrogen) atoms. The van der Waals surface area contributed by atoms with Gasteiger partial charge in [0.2, 0.25) is 0 Å². The summed E-state index contributed by atoms with van der Waals surface area (Å²) in [7, 11) is 1.47. The lowest BCUT2D eigenvalue weighted by molar-refractivity contribution is 0.0962. The zero-order valence-corrected chi connectivity index (χ0v) is 12.0. The van der Waals surface area contributed by atoms with Crippen molar-refractivity contribution < 1.29 is 13.9 Å². The number of carbonyl (C=O) groups is 1. The van der Waals surface area contributed by atoms with E-state index < -0.39 is 11.7 Å². The summed E-state index contributed by atoms with van der Waals surface area (Å²) in [4.78, 5) is 15.2. The lowest BCUT2D eigenvalue weighted by atomic mass is 10.1. The minimum Gasteiger partial charge on any atom is -0.436 e. The molecule has 5 heteroatoms. The van der Waals surface area contributed by atoms with E-state index in [9.17, 15) is 9.18 Å². The van der Waals surface area contributed by atoms with Gasteiger partial charge in [0, 0.05) is 13.2 Å². The van der Waals surface area contributed by atoms with E-state index in [0.717, 1.165) is 18.9 Å². The summed E-state index contributed by atoms with van der Waals surface area (Å²) in [5, 5.41) is 2.41. The molecule has 0 radical (unpaired) electrons. The molecule has 0 spiro atoms. The van der Waals surface area contributed by atoms with Crippen LogP contribution in [0.1, 0.15) is 29.3 Å². The maximum absolute atomic E-state index is 13.9. The quantitative estimate of drug-likeness (QED) is 0.918. The van der Waals surface area contributed by atoms with Gasteiger partial charge in [-0.2, -0.15) is 0 Å². The average Bonchev–Trinajstić information content (AvgIpc) is 2.50. The second-order valence-electron chi connectivity index (χ2n) is 4.59. The summed E-state index contributed by atoms with van der Waals surface area (Å²) < 4.78 is 19.3. The Morgan fingerprint density at radius 3 is 2.62 bits per heavy atom. The minimum atomic E-state index is -0.672. The van der Waals surface area contributed by atoms with Gasteiger partial charge < -0.3 is 10.1 Å². The van der Waals surface area contributed by atoms with Crippen molar-refractivity contribution in [1.29, 1.82) is 0 Å². The van der Waals surface area contributed by atoms with Crippen molar-refractivity contribution in [2.75, 3.05) is 7.05 Å². The minimum absolute atomic E-state index is 0.147. The molecule has 1 aromatic carbocycles. The highest BCUT2D eigenvalue weighted by Gasteiger charge is 2.11. The summed E-state index contributed by atoms with van der Waals surface area (Å²) in [5.74, 6) is -0.703. The molecule has 1 heterocycles. The van der Waals surface area contributed by atoms with Crippen LogP contribution in [0.15, 0.2) is 36.5 Å². The van der Waals surface area contributed by atoms with E-state index in [-0.39, 0.29) is 11.4 Å². The van der Waals surface area contributed by atoms with E-state index >= 15 is 0 Å². The third kappa shape index (κ3) is 3.78. The van der Waals surface area contributed by atoms with Crippen LogP contribution in [0.25, 0.3) is 0 Å². The number of aromatic nitrogens is 1. The molecule has 0 aliphatic carbocycles. The van der Waals surface area contributed by atoms with Crippen LogP contribution in [-0.4, -0.2) is 17.9 Å². The number of nitrogens with one attached hydrogen (secondary N) is 1. The molecule has 110 valence electrons. The van der Waals surface area contributed by atoms with Crippen molar-refractivity contribution in [3.8, 4) is 11.6 Å². The van der Waals surface area contributed by atoms with Gasteiger partial charge >= 0.3 is 0 Å². The molecular formula is C16H17FN2O2. The Morgan fingerprint density at radius 2 is 2.05 bits per heavy atom. The lowest BCUT2D eigenvalue weighted by Crippen LogP contribution is -2.18. The molecule has 2 rings (SSSR count). The summed E-state index contributed by atoms with van der Waals surface area (Å²) >= 11 is 0. The number of amides is 1. The lowest BCUT2D eigenvalue weighted by Gasteiger charge is -2.07. The van der Waals surface area contributed by atoms with Crippen LogP contribution in [0.2, 0.25) is 0 Å². The maximum Gasteiger partial charge on any atom is 0.255 e. The van der Waals surface area contributed by atoms with Gasteiger partial charge in [-0.15, -0.1) is 0 Å². The molecule has 1 amide bonds. The number of benzene rings is 1. The van der Waals surface area contributed by atoms with Crippen LogP contribution in [0.5, 0.6) is 11.6 Å². The number of ether oxygens (including phenoxy) is 1. The highest BCUT2D eigenvalue weighted by Crippen LogP contribution is 2.23. The smallest absolute Gasteiger partial charge is 0.255 e. The number of nitrogens with zero attached hydrogens (tertiary/aromatic N) is 1. The Kier molecular flexibility index (Phi) is 4.87. The maximum atomic E-state index is 13.9. The van der Waals surface area contributed by atoms with E-state index in [1.807, 2.05) is 12.1 Å². The molecule has 0 bridgehead atoms. The van der Waals surface area contributed by atoms with E-state index in [2.05, 4.69) is 17.2 Å². The molecular weight excluding hydrogens is 271 g/mol. The van der Waals surface area contributed by atoms with E-state index in [0.29, 0.717) is 5.75 Å². The molecule has 0 aliphatic heterocycles. The normalized spacial score (nSPS) is 10.2.